The van der Waals surface area contributed by atoms with Gasteiger partial charge in [-0.25, -0.2) is 8.78 Å². The van der Waals surface area contributed by atoms with E-state index in [4.69, 9.17) is 0 Å². The molecular formula is C17H17F2N. The molecule has 0 aromatic heterocycles. The normalized spacial score (nSPS) is 12.5. The molecule has 0 aliphatic carbocycles. The monoisotopic (exact) mass is 273 g/mol. The second kappa shape index (κ2) is 7.00. The number of nitrogens with zero attached hydrogens (tertiary/aromatic N) is 1. The van der Waals surface area contributed by atoms with Crippen molar-refractivity contribution in [1.29, 1.82) is 5.26 Å². The van der Waals surface area contributed by atoms with Gasteiger partial charge in [0.05, 0.1) is 12.0 Å². The SMILES string of the molecule is N#CC(CCCCC(F)F)c1cccc2ccccc12. The maximum absolute atomic E-state index is 12.1. The number of halogens is 2. The van der Waals surface area contributed by atoms with Crippen molar-refractivity contribution in [3.05, 3.63) is 48.0 Å². The van der Waals surface area contributed by atoms with Crippen molar-refractivity contribution in [2.45, 2.75) is 38.0 Å². The molecule has 0 aliphatic heterocycles. The molecule has 1 unspecified atom stereocenters. The molecule has 0 radical (unpaired) electrons. The van der Waals surface area contributed by atoms with Crippen molar-refractivity contribution >= 4 is 10.8 Å². The van der Waals surface area contributed by atoms with Gasteiger partial charge in [0, 0.05) is 6.42 Å². The number of unbranched alkanes of at least 4 members (excludes halogenated alkanes) is 1. The zero-order chi connectivity index (χ0) is 14.4. The minimum Gasteiger partial charge on any atom is -0.211 e. The number of fused-ring (bicyclic) bond motifs is 1. The quantitative estimate of drug-likeness (QED) is 0.657. The van der Waals surface area contributed by atoms with Crippen molar-refractivity contribution in [3.8, 4) is 6.07 Å². The number of hydrogen-bond acceptors (Lipinski definition) is 1. The summed E-state index contributed by atoms with van der Waals surface area (Å²) in [6, 6.07) is 16.2. The van der Waals surface area contributed by atoms with Gasteiger partial charge in [-0.15, -0.1) is 0 Å². The Kier molecular flexibility index (Phi) is 5.06. The van der Waals surface area contributed by atoms with Crippen LogP contribution in [0.4, 0.5) is 8.78 Å². The van der Waals surface area contributed by atoms with Crippen LogP contribution in [-0.4, -0.2) is 6.43 Å². The van der Waals surface area contributed by atoms with E-state index in [0.29, 0.717) is 19.3 Å². The van der Waals surface area contributed by atoms with Crippen LogP contribution in [0.3, 0.4) is 0 Å². The van der Waals surface area contributed by atoms with Gasteiger partial charge >= 0.3 is 0 Å². The lowest BCUT2D eigenvalue weighted by molar-refractivity contribution is 0.133. The van der Waals surface area contributed by atoms with Crippen molar-refractivity contribution in [2.24, 2.45) is 0 Å². The third-order valence-corrected chi connectivity index (χ3v) is 3.52. The first kappa shape index (κ1) is 14.5. The lowest BCUT2D eigenvalue weighted by Gasteiger charge is -2.12. The highest BCUT2D eigenvalue weighted by Gasteiger charge is 2.13. The summed E-state index contributed by atoms with van der Waals surface area (Å²) in [6.07, 6.45) is -0.551. The Morgan fingerprint density at radius 1 is 0.950 bits per heavy atom. The number of hydrogen-bond donors (Lipinski definition) is 0. The van der Waals surface area contributed by atoms with E-state index in [1.54, 1.807) is 0 Å². The van der Waals surface area contributed by atoms with Crippen LogP contribution >= 0.6 is 0 Å². The Bertz CT molecular complexity index is 596. The van der Waals surface area contributed by atoms with E-state index in [9.17, 15) is 14.0 Å². The molecule has 2 rings (SSSR count). The summed E-state index contributed by atoms with van der Waals surface area (Å²) < 4.78 is 24.2. The maximum atomic E-state index is 12.1. The van der Waals surface area contributed by atoms with Gasteiger partial charge < -0.3 is 0 Å². The fourth-order valence-electron chi connectivity index (χ4n) is 2.49. The van der Waals surface area contributed by atoms with Crippen molar-refractivity contribution in [3.63, 3.8) is 0 Å². The van der Waals surface area contributed by atoms with Crippen LogP contribution in [-0.2, 0) is 0 Å². The average molecular weight is 273 g/mol. The van der Waals surface area contributed by atoms with Gasteiger partial charge in [0.15, 0.2) is 0 Å². The molecule has 1 nitrogen and oxygen atoms in total. The molecule has 0 saturated carbocycles. The molecule has 2 aromatic carbocycles. The summed E-state index contributed by atoms with van der Waals surface area (Å²) in [7, 11) is 0. The molecule has 0 N–H and O–H groups in total. The fourth-order valence-corrected chi connectivity index (χ4v) is 2.49. The molecule has 3 heteroatoms. The van der Waals surface area contributed by atoms with Gasteiger partial charge in [0.1, 0.15) is 0 Å². The highest BCUT2D eigenvalue weighted by molar-refractivity contribution is 5.86. The Hall–Kier alpha value is -1.95. The number of rotatable bonds is 6. The molecule has 0 amide bonds. The van der Waals surface area contributed by atoms with Gasteiger partial charge in [0.2, 0.25) is 6.43 Å². The van der Waals surface area contributed by atoms with Crippen molar-refractivity contribution < 1.29 is 8.78 Å². The summed E-state index contributed by atoms with van der Waals surface area (Å²) in [6.45, 7) is 0. The summed E-state index contributed by atoms with van der Waals surface area (Å²) >= 11 is 0. The molecule has 0 bridgehead atoms. The van der Waals surface area contributed by atoms with Gasteiger partial charge in [-0.2, -0.15) is 5.26 Å². The van der Waals surface area contributed by atoms with E-state index in [2.05, 4.69) is 6.07 Å². The Morgan fingerprint density at radius 2 is 1.65 bits per heavy atom. The smallest absolute Gasteiger partial charge is 0.211 e. The number of benzene rings is 2. The van der Waals surface area contributed by atoms with E-state index < -0.39 is 6.43 Å². The van der Waals surface area contributed by atoms with E-state index in [1.807, 2.05) is 42.5 Å². The first-order valence-electron chi connectivity index (χ1n) is 6.88. The first-order valence-corrected chi connectivity index (χ1v) is 6.88. The largest absolute Gasteiger partial charge is 0.238 e. The van der Waals surface area contributed by atoms with Crippen molar-refractivity contribution in [2.75, 3.05) is 0 Å². The zero-order valence-electron chi connectivity index (χ0n) is 11.2. The molecule has 0 fully saturated rings. The fraction of sp³-hybridized carbons (Fsp3) is 0.353. The van der Waals surface area contributed by atoms with E-state index in [-0.39, 0.29) is 12.3 Å². The van der Waals surface area contributed by atoms with Gasteiger partial charge in [-0.1, -0.05) is 48.9 Å². The Morgan fingerprint density at radius 3 is 2.40 bits per heavy atom. The highest BCUT2D eigenvalue weighted by atomic mass is 19.3. The van der Waals surface area contributed by atoms with Crippen LogP contribution in [0, 0.1) is 11.3 Å². The van der Waals surface area contributed by atoms with E-state index in [1.165, 1.54) is 0 Å². The van der Waals surface area contributed by atoms with Crippen LogP contribution < -0.4 is 0 Å². The predicted molar refractivity (Wildman–Crippen MR) is 76.8 cm³/mol. The standard InChI is InChI=1S/C17H17F2N/c18-17(19)11-4-2-7-14(12-20)16-10-5-8-13-6-1-3-9-15(13)16/h1,3,5-6,8-10,14,17H,2,4,7,11H2. The van der Waals surface area contributed by atoms with Crippen LogP contribution in [0.2, 0.25) is 0 Å². The minimum absolute atomic E-state index is 0.0757. The molecule has 0 saturated heterocycles. The van der Waals surface area contributed by atoms with E-state index >= 15 is 0 Å². The second-order valence-electron chi connectivity index (χ2n) is 4.93. The van der Waals surface area contributed by atoms with Crippen LogP contribution in [0.5, 0.6) is 0 Å². The molecule has 0 aliphatic rings. The topological polar surface area (TPSA) is 23.8 Å². The molecule has 2 aromatic rings. The predicted octanol–water partition coefficient (Wildman–Crippen LogP) is 5.27. The summed E-state index contributed by atoms with van der Waals surface area (Å²) in [5.41, 5.74) is 1.00. The Labute approximate surface area is 117 Å². The third kappa shape index (κ3) is 3.54. The van der Waals surface area contributed by atoms with Crippen LogP contribution in [0.15, 0.2) is 42.5 Å². The zero-order valence-corrected chi connectivity index (χ0v) is 11.2. The molecule has 104 valence electrons. The number of nitriles is 1. The third-order valence-electron chi connectivity index (χ3n) is 3.52. The van der Waals surface area contributed by atoms with Crippen LogP contribution in [0.25, 0.3) is 10.8 Å². The second-order valence-corrected chi connectivity index (χ2v) is 4.93. The molecule has 0 heterocycles. The van der Waals surface area contributed by atoms with Gasteiger partial charge in [-0.3, -0.25) is 0 Å². The molecular weight excluding hydrogens is 256 g/mol. The van der Waals surface area contributed by atoms with E-state index in [0.717, 1.165) is 16.3 Å². The molecule has 1 atom stereocenters. The number of alkyl halides is 2. The van der Waals surface area contributed by atoms with Crippen LogP contribution in [0.1, 0.15) is 37.2 Å². The van der Waals surface area contributed by atoms with Gasteiger partial charge in [-0.05, 0) is 29.2 Å². The first-order chi connectivity index (χ1) is 9.72. The summed E-state index contributed by atoms with van der Waals surface area (Å²) in [5, 5.41) is 11.5. The lowest BCUT2D eigenvalue weighted by Crippen LogP contribution is -1.98. The summed E-state index contributed by atoms with van der Waals surface area (Å²) in [4.78, 5) is 0. The maximum Gasteiger partial charge on any atom is 0.238 e. The average Bonchev–Trinajstić information content (AvgIpc) is 2.47. The highest BCUT2D eigenvalue weighted by Crippen LogP contribution is 2.29. The Balaban J connectivity index is 2.12. The van der Waals surface area contributed by atoms with Crippen molar-refractivity contribution in [1.82, 2.24) is 0 Å². The van der Waals surface area contributed by atoms with Gasteiger partial charge in [0.25, 0.3) is 0 Å². The molecule has 20 heavy (non-hydrogen) atoms. The molecule has 0 spiro atoms. The lowest BCUT2D eigenvalue weighted by atomic mass is 9.90. The minimum atomic E-state index is -2.24. The summed E-state index contributed by atoms with van der Waals surface area (Å²) in [5.74, 6) is -0.223.